The normalized spacial score (nSPS) is 17.2. The van der Waals surface area contributed by atoms with Crippen LogP contribution < -0.4 is 0 Å². The number of aliphatic carboxylic acids is 1. The van der Waals surface area contributed by atoms with Crippen molar-refractivity contribution < 1.29 is 24.5 Å². The molecule has 2 rings (SSSR count). The maximum absolute atomic E-state index is 11.6. The van der Waals surface area contributed by atoms with Gasteiger partial charge in [0.25, 0.3) is 0 Å². The molecule has 1 saturated heterocycles. The van der Waals surface area contributed by atoms with Gasteiger partial charge < -0.3 is 14.9 Å². The van der Waals surface area contributed by atoms with E-state index in [1.165, 1.54) is 4.90 Å². The predicted molar refractivity (Wildman–Crippen MR) is 86.0 cm³/mol. The Morgan fingerprint density at radius 1 is 1.26 bits per heavy atom. The molecule has 2 N–H and O–H groups in total. The number of carboxylic acid groups (broad SMARTS) is 1. The van der Waals surface area contributed by atoms with E-state index in [4.69, 9.17) is 14.9 Å². The summed E-state index contributed by atoms with van der Waals surface area (Å²) in [5.74, 6) is -0.960. The van der Waals surface area contributed by atoms with Gasteiger partial charge in [0.05, 0.1) is 6.61 Å². The van der Waals surface area contributed by atoms with Crippen LogP contribution in [0.1, 0.15) is 39.2 Å². The highest BCUT2D eigenvalue weighted by molar-refractivity contribution is 5.80. The number of ether oxygens (including phenoxy) is 1. The Labute approximate surface area is 136 Å². The van der Waals surface area contributed by atoms with Gasteiger partial charge in [-0.25, -0.2) is 9.59 Å². The van der Waals surface area contributed by atoms with Crippen molar-refractivity contribution in [1.29, 1.82) is 0 Å². The van der Waals surface area contributed by atoms with Crippen LogP contribution in [0.15, 0.2) is 30.3 Å². The first kappa shape index (κ1) is 19.0. The molecule has 6 heteroatoms. The zero-order valence-electron chi connectivity index (χ0n) is 13.9. The molecule has 1 heterocycles. The van der Waals surface area contributed by atoms with Gasteiger partial charge in [-0.05, 0) is 39.2 Å². The van der Waals surface area contributed by atoms with E-state index in [-0.39, 0.29) is 6.61 Å². The number of aliphatic hydroxyl groups is 1. The van der Waals surface area contributed by atoms with Gasteiger partial charge in [0.2, 0.25) is 0 Å². The van der Waals surface area contributed by atoms with E-state index < -0.39 is 23.7 Å². The van der Waals surface area contributed by atoms with E-state index in [2.05, 4.69) is 0 Å². The lowest BCUT2D eigenvalue weighted by Crippen LogP contribution is -2.43. The number of hydrogen-bond acceptors (Lipinski definition) is 4. The van der Waals surface area contributed by atoms with Gasteiger partial charge >= 0.3 is 12.1 Å². The molecule has 1 amide bonds. The molecule has 1 atom stereocenters. The molecular weight excluding hydrogens is 298 g/mol. The number of carbonyl (C=O) groups is 2. The number of nitrogens with zero attached hydrogens (tertiary/aromatic N) is 1. The van der Waals surface area contributed by atoms with Gasteiger partial charge in [0, 0.05) is 6.54 Å². The fourth-order valence-corrected chi connectivity index (χ4v) is 2.15. The molecule has 0 saturated carbocycles. The molecule has 1 aromatic carbocycles. The number of aliphatic hydroxyl groups excluding tert-OH is 1. The lowest BCUT2D eigenvalue weighted by molar-refractivity contribution is -0.142. The molecule has 6 nitrogen and oxygen atoms in total. The van der Waals surface area contributed by atoms with E-state index in [0.717, 1.165) is 12.0 Å². The number of hydrogen-bond donors (Lipinski definition) is 2. The smallest absolute Gasteiger partial charge is 0.411 e. The Balaban J connectivity index is 0.000000277. The Morgan fingerprint density at radius 3 is 2.30 bits per heavy atom. The predicted octanol–water partition coefficient (Wildman–Crippen LogP) is 2.65. The molecule has 0 spiro atoms. The maximum Gasteiger partial charge on any atom is 0.411 e. The summed E-state index contributed by atoms with van der Waals surface area (Å²) in [6, 6.07) is 8.80. The van der Waals surface area contributed by atoms with Crippen molar-refractivity contribution in [2.24, 2.45) is 0 Å². The first-order chi connectivity index (χ1) is 10.7. The third-order valence-corrected chi connectivity index (χ3v) is 3.19. The lowest BCUT2D eigenvalue weighted by atomic mass is 10.2. The molecule has 128 valence electrons. The molecule has 0 aliphatic carbocycles. The average molecular weight is 323 g/mol. The van der Waals surface area contributed by atoms with Crippen LogP contribution in [0.25, 0.3) is 0 Å². The molecule has 1 aliphatic rings. The Morgan fingerprint density at radius 2 is 1.87 bits per heavy atom. The Bertz CT molecular complexity index is 509. The fourth-order valence-electron chi connectivity index (χ4n) is 2.15. The van der Waals surface area contributed by atoms with Crippen LogP contribution in [-0.4, -0.2) is 45.4 Å². The van der Waals surface area contributed by atoms with Crippen LogP contribution in [-0.2, 0) is 16.1 Å². The van der Waals surface area contributed by atoms with E-state index in [0.29, 0.717) is 13.0 Å². The van der Waals surface area contributed by atoms with Crippen LogP contribution in [0.5, 0.6) is 0 Å². The number of carboxylic acids is 1. The first-order valence-electron chi connectivity index (χ1n) is 7.62. The third-order valence-electron chi connectivity index (χ3n) is 3.19. The maximum atomic E-state index is 11.6. The second kappa shape index (κ2) is 8.53. The van der Waals surface area contributed by atoms with E-state index in [1.807, 2.05) is 30.3 Å². The molecule has 0 radical (unpaired) electrons. The van der Waals surface area contributed by atoms with E-state index >= 15 is 0 Å². The van der Waals surface area contributed by atoms with Crippen molar-refractivity contribution in [3.05, 3.63) is 35.9 Å². The SMILES string of the molecule is CC(C)(C)OC(=O)N1CCC[C@H]1C(=O)O.OCc1ccccc1. The molecule has 1 aliphatic heterocycles. The summed E-state index contributed by atoms with van der Waals surface area (Å²) >= 11 is 0. The zero-order valence-corrected chi connectivity index (χ0v) is 13.9. The van der Waals surface area contributed by atoms with E-state index in [1.54, 1.807) is 20.8 Å². The monoisotopic (exact) mass is 323 g/mol. The van der Waals surface area contributed by atoms with Crippen LogP contribution in [0.4, 0.5) is 4.79 Å². The van der Waals surface area contributed by atoms with Crippen molar-refractivity contribution in [2.75, 3.05) is 6.54 Å². The van der Waals surface area contributed by atoms with Crippen LogP contribution in [0.3, 0.4) is 0 Å². The number of rotatable bonds is 2. The molecular formula is C17H25NO5. The largest absolute Gasteiger partial charge is 0.480 e. The van der Waals surface area contributed by atoms with Crippen molar-refractivity contribution in [3.63, 3.8) is 0 Å². The molecule has 0 unspecified atom stereocenters. The summed E-state index contributed by atoms with van der Waals surface area (Å²) < 4.78 is 5.13. The number of benzene rings is 1. The van der Waals surface area contributed by atoms with Gasteiger partial charge in [-0.15, -0.1) is 0 Å². The summed E-state index contributed by atoms with van der Waals surface area (Å²) in [5, 5.41) is 17.4. The highest BCUT2D eigenvalue weighted by Gasteiger charge is 2.36. The van der Waals surface area contributed by atoms with Gasteiger partial charge in [-0.3, -0.25) is 4.90 Å². The summed E-state index contributed by atoms with van der Waals surface area (Å²) in [6.07, 6.45) is 0.692. The highest BCUT2D eigenvalue weighted by atomic mass is 16.6. The highest BCUT2D eigenvalue weighted by Crippen LogP contribution is 2.20. The minimum Gasteiger partial charge on any atom is -0.480 e. The Hall–Kier alpha value is -2.08. The Kier molecular flexibility index (Phi) is 7.03. The van der Waals surface area contributed by atoms with Crippen molar-refractivity contribution in [2.45, 2.75) is 51.9 Å². The molecule has 1 fully saturated rings. The second-order valence-corrected chi connectivity index (χ2v) is 6.31. The van der Waals surface area contributed by atoms with Gasteiger partial charge in [-0.1, -0.05) is 30.3 Å². The third kappa shape index (κ3) is 6.69. The number of amides is 1. The lowest BCUT2D eigenvalue weighted by Gasteiger charge is -2.26. The average Bonchev–Trinajstić information content (AvgIpc) is 2.97. The first-order valence-corrected chi connectivity index (χ1v) is 7.62. The van der Waals surface area contributed by atoms with E-state index in [9.17, 15) is 9.59 Å². The quantitative estimate of drug-likeness (QED) is 0.873. The van der Waals surface area contributed by atoms with Crippen molar-refractivity contribution in [1.82, 2.24) is 4.90 Å². The molecule has 1 aromatic rings. The minimum absolute atomic E-state index is 0.140. The van der Waals surface area contributed by atoms with Crippen LogP contribution in [0, 0.1) is 0 Å². The molecule has 0 aromatic heterocycles. The topological polar surface area (TPSA) is 87.1 Å². The summed E-state index contributed by atoms with van der Waals surface area (Å²) in [4.78, 5) is 23.7. The van der Waals surface area contributed by atoms with Crippen molar-refractivity contribution in [3.8, 4) is 0 Å². The molecule has 23 heavy (non-hydrogen) atoms. The van der Waals surface area contributed by atoms with Gasteiger partial charge in [0.15, 0.2) is 0 Å². The zero-order chi connectivity index (χ0) is 17.5. The van der Waals surface area contributed by atoms with Gasteiger partial charge in [-0.2, -0.15) is 0 Å². The van der Waals surface area contributed by atoms with Gasteiger partial charge in [0.1, 0.15) is 11.6 Å². The van der Waals surface area contributed by atoms with Crippen molar-refractivity contribution >= 4 is 12.1 Å². The second-order valence-electron chi connectivity index (χ2n) is 6.31. The minimum atomic E-state index is -0.960. The van der Waals surface area contributed by atoms with Crippen LogP contribution in [0.2, 0.25) is 0 Å². The van der Waals surface area contributed by atoms with Crippen LogP contribution >= 0.6 is 0 Å². The standard InChI is InChI=1S/C10H17NO4.C7H8O/c1-10(2,3)15-9(14)11-6-4-5-7(11)8(12)13;8-6-7-4-2-1-3-5-7/h7H,4-6H2,1-3H3,(H,12,13);1-5,8H,6H2/t7-;/m0./s1. The summed E-state index contributed by atoms with van der Waals surface area (Å²) in [7, 11) is 0. The fraction of sp³-hybridized carbons (Fsp3) is 0.529. The summed E-state index contributed by atoms with van der Waals surface area (Å²) in [5.41, 5.74) is 0.385. The molecule has 0 bridgehead atoms. The number of carbonyl (C=O) groups excluding carboxylic acids is 1. The number of likely N-dealkylation sites (tertiary alicyclic amines) is 1. The summed E-state index contributed by atoms with van der Waals surface area (Å²) in [6.45, 7) is 5.89.